The van der Waals surface area contributed by atoms with Crippen molar-refractivity contribution >= 4 is 5.97 Å². The molecule has 2 aromatic carbocycles. The van der Waals surface area contributed by atoms with E-state index >= 15 is 0 Å². The number of aliphatic hydroxyl groups excluding tert-OH is 1. The molecule has 0 saturated heterocycles. The molecule has 0 fully saturated rings. The van der Waals surface area contributed by atoms with Crippen LogP contribution in [0.3, 0.4) is 0 Å². The standard InChI is InChI=1S/C32H29F4N5O5/c1-20-6-7-21(23(18-20)32(34,35)36)25-8-9-27(40-39-25)29(31(43)46-17-16-45-15-14-44-13-12-42)41-11-10-26-28(19-41)38-30(37-26)22-4-2-3-5-24(22)33/h2-11,18-19,29,42H,12-17H2,1H3. The summed E-state index contributed by atoms with van der Waals surface area (Å²) in [6, 6.07) is 13.1. The summed E-state index contributed by atoms with van der Waals surface area (Å²) in [5, 5.41) is 16.9. The van der Waals surface area contributed by atoms with Crippen molar-refractivity contribution in [3.63, 3.8) is 0 Å². The summed E-state index contributed by atoms with van der Waals surface area (Å²) in [5.41, 5.74) is 0.487. The molecule has 0 bridgehead atoms. The zero-order valence-corrected chi connectivity index (χ0v) is 24.6. The lowest BCUT2D eigenvalue weighted by molar-refractivity contribution is -0.148. The topological polar surface area (TPSA) is 121 Å². The highest BCUT2D eigenvalue weighted by Crippen LogP contribution is 2.37. The van der Waals surface area contributed by atoms with Crippen LogP contribution in [0.4, 0.5) is 17.6 Å². The number of ether oxygens (including phenoxy) is 3. The van der Waals surface area contributed by atoms with Gasteiger partial charge in [0.05, 0.1) is 61.2 Å². The number of benzene rings is 2. The van der Waals surface area contributed by atoms with Crippen LogP contribution in [-0.4, -0.2) is 75.4 Å². The Bertz CT molecular complexity index is 1750. The van der Waals surface area contributed by atoms with E-state index in [2.05, 4.69) is 20.2 Å². The van der Waals surface area contributed by atoms with Crippen molar-refractivity contribution in [2.75, 3.05) is 39.6 Å². The Balaban J connectivity index is 1.43. The summed E-state index contributed by atoms with van der Waals surface area (Å²) in [6.45, 7) is 2.04. The van der Waals surface area contributed by atoms with Crippen molar-refractivity contribution in [3.8, 4) is 34.0 Å². The van der Waals surface area contributed by atoms with Crippen molar-refractivity contribution in [2.24, 2.45) is 0 Å². The van der Waals surface area contributed by atoms with Gasteiger partial charge in [0.2, 0.25) is 0 Å². The number of carbonyl (C=O) groups is 1. The van der Waals surface area contributed by atoms with Gasteiger partial charge in [-0.05, 0) is 43.3 Å². The summed E-state index contributed by atoms with van der Waals surface area (Å²) in [7, 11) is 0. The number of hydrogen-bond donors (Lipinski definition) is 1. The van der Waals surface area contributed by atoms with Gasteiger partial charge in [-0.25, -0.2) is 19.2 Å². The molecule has 0 radical (unpaired) electrons. The molecule has 0 amide bonds. The van der Waals surface area contributed by atoms with Gasteiger partial charge in [-0.1, -0.05) is 29.8 Å². The number of imidazole rings is 1. The normalized spacial score (nSPS) is 12.4. The molecule has 1 atom stereocenters. The van der Waals surface area contributed by atoms with Crippen molar-refractivity contribution < 1.29 is 41.7 Å². The fourth-order valence-corrected chi connectivity index (χ4v) is 4.66. The molecule has 1 unspecified atom stereocenters. The van der Waals surface area contributed by atoms with Gasteiger partial charge in [-0.2, -0.15) is 23.4 Å². The lowest BCUT2D eigenvalue weighted by Crippen LogP contribution is -2.26. The lowest BCUT2D eigenvalue weighted by Gasteiger charge is -2.20. The van der Waals surface area contributed by atoms with E-state index in [-0.39, 0.29) is 68.0 Å². The predicted molar refractivity (Wildman–Crippen MR) is 157 cm³/mol. The number of carbonyl (C=O) groups excluding carboxylic acids is 1. The van der Waals surface area contributed by atoms with E-state index < -0.39 is 29.6 Å². The monoisotopic (exact) mass is 639 g/mol. The van der Waals surface area contributed by atoms with E-state index in [1.54, 1.807) is 43.5 Å². The molecule has 2 aliphatic heterocycles. The first kappa shape index (κ1) is 32.6. The van der Waals surface area contributed by atoms with Crippen molar-refractivity contribution in [1.82, 2.24) is 24.7 Å². The number of alkyl halides is 3. The number of nitrogens with zero attached hydrogens (tertiary/aromatic N) is 5. The van der Waals surface area contributed by atoms with Crippen LogP contribution in [0.25, 0.3) is 34.0 Å². The van der Waals surface area contributed by atoms with E-state index in [9.17, 15) is 22.4 Å². The van der Waals surface area contributed by atoms with Gasteiger partial charge < -0.3 is 23.9 Å². The van der Waals surface area contributed by atoms with E-state index in [0.717, 1.165) is 6.07 Å². The second kappa shape index (κ2) is 14.5. The van der Waals surface area contributed by atoms with Crippen LogP contribution < -0.4 is 0 Å². The number of rotatable bonds is 13. The molecule has 3 aromatic rings. The number of halogens is 4. The molecule has 1 aromatic heterocycles. The maximum atomic E-state index is 14.4. The highest BCUT2D eigenvalue weighted by Gasteiger charge is 2.34. The molecule has 3 heterocycles. The summed E-state index contributed by atoms with van der Waals surface area (Å²) in [6.07, 6.45) is -1.56. The van der Waals surface area contributed by atoms with E-state index in [1.807, 2.05) is 0 Å². The first-order valence-electron chi connectivity index (χ1n) is 14.2. The van der Waals surface area contributed by atoms with Gasteiger partial charge in [0.1, 0.15) is 18.1 Å². The Labute approximate surface area is 261 Å². The van der Waals surface area contributed by atoms with Crippen molar-refractivity contribution in [3.05, 3.63) is 95.7 Å². The largest absolute Gasteiger partial charge is 0.461 e. The fourth-order valence-electron chi connectivity index (χ4n) is 4.66. The molecule has 10 nitrogen and oxygen atoms in total. The number of aryl methyl sites for hydroxylation is 1. The number of esters is 1. The van der Waals surface area contributed by atoms with Crippen LogP contribution in [0, 0.1) is 12.7 Å². The minimum absolute atomic E-state index is 0.0307. The Kier molecular flexibility index (Phi) is 10.3. The number of aliphatic hydroxyl groups is 1. The van der Waals surface area contributed by atoms with E-state index in [4.69, 9.17) is 19.3 Å². The molecule has 5 rings (SSSR count). The second-order valence-corrected chi connectivity index (χ2v) is 10.1. The number of fused-ring (bicyclic) bond motifs is 1. The Morgan fingerprint density at radius 2 is 1.61 bits per heavy atom. The maximum Gasteiger partial charge on any atom is 0.417 e. The van der Waals surface area contributed by atoms with Crippen LogP contribution in [0.2, 0.25) is 0 Å². The molecular formula is C32H29F4N5O5. The number of aromatic nitrogens is 5. The minimum Gasteiger partial charge on any atom is -0.461 e. The van der Waals surface area contributed by atoms with Crippen molar-refractivity contribution in [1.29, 1.82) is 0 Å². The zero-order valence-electron chi connectivity index (χ0n) is 24.6. The SMILES string of the molecule is Cc1ccc(-c2ccc(C(C(=O)OCCOCCOCCO)n3ccc4nc(-c5ccccc5F)nc-4c3)nn2)c(C(F)(F)F)c1. The Hall–Kier alpha value is -4.79. The molecular weight excluding hydrogens is 610 g/mol. The van der Waals surface area contributed by atoms with Gasteiger partial charge in [0.25, 0.3) is 0 Å². The molecule has 240 valence electrons. The molecule has 0 saturated carbocycles. The Morgan fingerprint density at radius 1 is 0.870 bits per heavy atom. The minimum atomic E-state index is -4.62. The van der Waals surface area contributed by atoms with Gasteiger partial charge in [-0.15, -0.1) is 0 Å². The lowest BCUT2D eigenvalue weighted by atomic mass is 10.0. The first-order chi connectivity index (χ1) is 22.2. The molecule has 0 spiro atoms. The van der Waals surface area contributed by atoms with E-state index in [0.29, 0.717) is 17.0 Å². The third-order valence-corrected chi connectivity index (χ3v) is 6.83. The molecule has 14 heteroatoms. The third kappa shape index (κ3) is 7.70. The van der Waals surface area contributed by atoms with Gasteiger partial charge in [-0.3, -0.25) is 0 Å². The summed E-state index contributed by atoms with van der Waals surface area (Å²) in [4.78, 5) is 22.3. The third-order valence-electron chi connectivity index (χ3n) is 6.83. The molecule has 46 heavy (non-hydrogen) atoms. The van der Waals surface area contributed by atoms with Crippen LogP contribution in [0.5, 0.6) is 0 Å². The van der Waals surface area contributed by atoms with Crippen LogP contribution >= 0.6 is 0 Å². The summed E-state index contributed by atoms with van der Waals surface area (Å²) in [5.74, 6) is -1.08. The van der Waals surface area contributed by atoms with Gasteiger partial charge in [0.15, 0.2) is 11.9 Å². The molecule has 2 aliphatic rings. The Morgan fingerprint density at radius 3 is 2.33 bits per heavy atom. The highest BCUT2D eigenvalue weighted by atomic mass is 19.4. The fraction of sp³-hybridized carbons (Fsp3) is 0.281. The quantitative estimate of drug-likeness (QED) is 0.106. The molecule has 1 N–H and O–H groups in total. The predicted octanol–water partition coefficient (Wildman–Crippen LogP) is 5.13. The highest BCUT2D eigenvalue weighted by molar-refractivity contribution is 5.78. The first-order valence-corrected chi connectivity index (χ1v) is 14.2. The average Bonchev–Trinajstić information content (AvgIpc) is 3.46. The number of pyridine rings is 1. The van der Waals surface area contributed by atoms with Crippen LogP contribution in [0.1, 0.15) is 22.9 Å². The van der Waals surface area contributed by atoms with Crippen LogP contribution in [0.15, 0.2) is 73.1 Å². The summed E-state index contributed by atoms with van der Waals surface area (Å²) < 4.78 is 73.2. The molecule has 0 aliphatic carbocycles. The average molecular weight is 640 g/mol. The zero-order chi connectivity index (χ0) is 32.7. The van der Waals surface area contributed by atoms with Gasteiger partial charge in [0, 0.05) is 18.0 Å². The maximum absolute atomic E-state index is 14.4. The van der Waals surface area contributed by atoms with Crippen LogP contribution in [-0.2, 0) is 25.2 Å². The second-order valence-electron chi connectivity index (χ2n) is 10.1. The van der Waals surface area contributed by atoms with Crippen molar-refractivity contribution in [2.45, 2.75) is 19.1 Å². The summed E-state index contributed by atoms with van der Waals surface area (Å²) >= 11 is 0. The van der Waals surface area contributed by atoms with E-state index in [1.165, 1.54) is 35.0 Å². The smallest absolute Gasteiger partial charge is 0.417 e. The van der Waals surface area contributed by atoms with Gasteiger partial charge >= 0.3 is 12.1 Å². The number of hydrogen-bond acceptors (Lipinski definition) is 9.